The minimum atomic E-state index is -0.472. The molecule has 14 heavy (non-hydrogen) atoms. The summed E-state index contributed by atoms with van der Waals surface area (Å²) in [6, 6.07) is 3.48. The van der Waals surface area contributed by atoms with E-state index < -0.39 is 6.67 Å². The van der Waals surface area contributed by atoms with Crippen molar-refractivity contribution < 1.29 is 9.13 Å². The van der Waals surface area contributed by atoms with Crippen LogP contribution in [0.5, 0.6) is 5.75 Å². The Morgan fingerprint density at radius 1 is 1.57 bits per heavy atom. The summed E-state index contributed by atoms with van der Waals surface area (Å²) in [6.07, 6.45) is 2.68. The molecule has 1 aromatic heterocycles. The van der Waals surface area contributed by atoms with E-state index in [2.05, 4.69) is 17.2 Å². The molecule has 3 nitrogen and oxygen atoms in total. The van der Waals surface area contributed by atoms with Crippen molar-refractivity contribution in [2.24, 2.45) is 0 Å². The average Bonchev–Trinajstić information content (AvgIpc) is 2.24. The minimum Gasteiger partial charge on any atom is -0.491 e. The molecule has 0 atom stereocenters. The van der Waals surface area contributed by atoms with Crippen LogP contribution in [0.1, 0.15) is 13.3 Å². The zero-order chi connectivity index (χ0) is 10.2. The predicted molar refractivity (Wildman–Crippen MR) is 54.5 cm³/mol. The normalized spacial score (nSPS) is 9.86. The van der Waals surface area contributed by atoms with Gasteiger partial charge in [-0.25, -0.2) is 9.37 Å². The molecule has 0 aliphatic rings. The lowest BCUT2D eigenvalue weighted by Gasteiger charge is -2.06. The molecule has 0 saturated heterocycles. The summed E-state index contributed by atoms with van der Waals surface area (Å²) in [5, 5.41) is 3.13. The molecular weight excluding hydrogens is 183 g/mol. The lowest BCUT2D eigenvalue weighted by molar-refractivity contribution is 0.273. The molecule has 0 aromatic carbocycles. The second-order valence-corrected chi connectivity index (χ2v) is 2.84. The molecule has 0 radical (unpaired) electrons. The highest BCUT2D eigenvalue weighted by Crippen LogP contribution is 2.14. The van der Waals surface area contributed by atoms with Gasteiger partial charge in [-0.05, 0) is 12.5 Å². The molecule has 0 saturated carbocycles. The highest BCUT2D eigenvalue weighted by atomic mass is 19.1. The topological polar surface area (TPSA) is 34.1 Å². The highest BCUT2D eigenvalue weighted by Gasteiger charge is 1.96. The molecule has 0 unspecified atom stereocenters. The summed E-state index contributed by atoms with van der Waals surface area (Å²) in [6.45, 7) is 2.58. The second-order valence-electron chi connectivity index (χ2n) is 2.84. The maximum atomic E-state index is 11.8. The molecule has 0 bridgehead atoms. The molecule has 0 aliphatic carbocycles. The fourth-order valence-corrected chi connectivity index (χ4v) is 1.01. The van der Waals surface area contributed by atoms with Crippen LogP contribution in [0.4, 0.5) is 10.2 Å². The Hall–Kier alpha value is -1.32. The van der Waals surface area contributed by atoms with Gasteiger partial charge in [0, 0.05) is 18.8 Å². The third-order valence-corrected chi connectivity index (χ3v) is 1.63. The van der Waals surface area contributed by atoms with E-state index in [0.29, 0.717) is 5.75 Å². The van der Waals surface area contributed by atoms with Crippen LogP contribution in [-0.4, -0.2) is 24.8 Å². The zero-order valence-corrected chi connectivity index (χ0v) is 8.29. The summed E-state index contributed by atoms with van der Waals surface area (Å²) in [5.74, 6) is 1.42. The Morgan fingerprint density at radius 3 is 3.14 bits per heavy atom. The largest absolute Gasteiger partial charge is 0.491 e. The van der Waals surface area contributed by atoms with Gasteiger partial charge in [0.15, 0.2) is 0 Å². The Labute approximate surface area is 83.3 Å². The van der Waals surface area contributed by atoms with E-state index in [1.807, 2.05) is 0 Å². The molecule has 4 heteroatoms. The first kappa shape index (κ1) is 10.8. The van der Waals surface area contributed by atoms with Crippen LogP contribution < -0.4 is 10.1 Å². The zero-order valence-electron chi connectivity index (χ0n) is 8.29. The predicted octanol–water partition coefficient (Wildman–Crippen LogP) is 2.25. The van der Waals surface area contributed by atoms with E-state index in [4.69, 9.17) is 4.74 Å². The number of rotatable bonds is 6. The number of pyridine rings is 1. The van der Waals surface area contributed by atoms with Crippen LogP contribution >= 0.6 is 0 Å². The molecule has 0 spiro atoms. The third-order valence-electron chi connectivity index (χ3n) is 1.63. The van der Waals surface area contributed by atoms with Crippen molar-refractivity contribution in [1.29, 1.82) is 0 Å². The molecule has 1 rings (SSSR count). The molecule has 0 aliphatic heterocycles. The van der Waals surface area contributed by atoms with Gasteiger partial charge in [-0.3, -0.25) is 0 Å². The number of nitrogens with zero attached hydrogens (tertiary/aromatic N) is 1. The molecular formula is C10H15FN2O. The summed E-state index contributed by atoms with van der Waals surface area (Å²) in [7, 11) is 0. The van der Waals surface area contributed by atoms with Gasteiger partial charge in [0.25, 0.3) is 0 Å². The molecule has 1 N–H and O–H groups in total. The molecule has 0 amide bonds. The van der Waals surface area contributed by atoms with Gasteiger partial charge in [0.1, 0.15) is 24.8 Å². The summed E-state index contributed by atoms with van der Waals surface area (Å²) >= 11 is 0. The first-order valence-electron chi connectivity index (χ1n) is 4.75. The summed E-state index contributed by atoms with van der Waals surface area (Å²) in [5.41, 5.74) is 0. The van der Waals surface area contributed by atoms with Crippen LogP contribution in [0.15, 0.2) is 18.3 Å². The van der Waals surface area contributed by atoms with Gasteiger partial charge in [0.2, 0.25) is 0 Å². The molecule has 1 aromatic rings. The van der Waals surface area contributed by atoms with Crippen molar-refractivity contribution in [3.63, 3.8) is 0 Å². The first-order valence-corrected chi connectivity index (χ1v) is 4.75. The van der Waals surface area contributed by atoms with Crippen molar-refractivity contribution >= 4 is 5.82 Å². The second kappa shape index (κ2) is 6.18. The molecule has 78 valence electrons. The van der Waals surface area contributed by atoms with E-state index in [1.54, 1.807) is 18.3 Å². The lowest BCUT2D eigenvalue weighted by atomic mass is 10.4. The fraction of sp³-hybridized carbons (Fsp3) is 0.500. The van der Waals surface area contributed by atoms with Gasteiger partial charge in [-0.1, -0.05) is 6.92 Å². The number of ether oxygens (including phenoxy) is 1. The summed E-state index contributed by atoms with van der Waals surface area (Å²) < 4.78 is 16.9. The fourth-order valence-electron chi connectivity index (χ4n) is 1.01. The van der Waals surface area contributed by atoms with Crippen LogP contribution in [-0.2, 0) is 0 Å². The third kappa shape index (κ3) is 3.60. The van der Waals surface area contributed by atoms with Crippen LogP contribution in [0.3, 0.4) is 0 Å². The summed E-state index contributed by atoms with van der Waals surface area (Å²) in [4.78, 5) is 4.10. The highest BCUT2D eigenvalue weighted by molar-refractivity contribution is 5.40. The number of nitrogens with one attached hydrogen (secondary N) is 1. The van der Waals surface area contributed by atoms with Crippen molar-refractivity contribution in [3.8, 4) is 5.75 Å². The molecule has 0 fully saturated rings. The van der Waals surface area contributed by atoms with Crippen LogP contribution in [0.2, 0.25) is 0 Å². The first-order chi connectivity index (χ1) is 6.86. The van der Waals surface area contributed by atoms with Gasteiger partial charge in [0.05, 0.1) is 0 Å². The number of anilines is 1. The van der Waals surface area contributed by atoms with Crippen LogP contribution in [0.25, 0.3) is 0 Å². The van der Waals surface area contributed by atoms with Crippen molar-refractivity contribution in [1.82, 2.24) is 4.98 Å². The Balaban J connectivity index is 2.50. The maximum Gasteiger partial charge on any atom is 0.129 e. The van der Waals surface area contributed by atoms with Crippen molar-refractivity contribution in [3.05, 3.63) is 18.3 Å². The number of aromatic nitrogens is 1. The monoisotopic (exact) mass is 198 g/mol. The van der Waals surface area contributed by atoms with Gasteiger partial charge >= 0.3 is 0 Å². The SMILES string of the molecule is CCCNc1cc(OCCF)ccn1. The smallest absolute Gasteiger partial charge is 0.129 e. The molecule has 1 heterocycles. The van der Waals surface area contributed by atoms with Crippen LogP contribution in [0, 0.1) is 0 Å². The van der Waals surface area contributed by atoms with E-state index >= 15 is 0 Å². The van der Waals surface area contributed by atoms with E-state index in [1.165, 1.54) is 0 Å². The number of hydrogen-bond donors (Lipinski definition) is 1. The Morgan fingerprint density at radius 2 is 2.43 bits per heavy atom. The Bertz CT molecular complexity index is 245. The van der Waals surface area contributed by atoms with Gasteiger partial charge < -0.3 is 10.1 Å². The van der Waals surface area contributed by atoms with Crippen molar-refractivity contribution in [2.45, 2.75) is 13.3 Å². The quantitative estimate of drug-likeness (QED) is 0.761. The van der Waals surface area contributed by atoms with E-state index in [0.717, 1.165) is 18.8 Å². The lowest BCUT2D eigenvalue weighted by Crippen LogP contribution is -2.03. The Kier molecular flexibility index (Phi) is 4.75. The maximum absolute atomic E-state index is 11.8. The average molecular weight is 198 g/mol. The van der Waals surface area contributed by atoms with E-state index in [9.17, 15) is 4.39 Å². The number of alkyl halides is 1. The van der Waals surface area contributed by atoms with Crippen molar-refractivity contribution in [2.75, 3.05) is 25.1 Å². The number of halogens is 1. The van der Waals surface area contributed by atoms with Gasteiger partial charge in [-0.2, -0.15) is 0 Å². The van der Waals surface area contributed by atoms with E-state index in [-0.39, 0.29) is 6.61 Å². The van der Waals surface area contributed by atoms with Gasteiger partial charge in [-0.15, -0.1) is 0 Å². The minimum absolute atomic E-state index is 0.0945. The standard InChI is InChI=1S/C10H15FN2O/c1-2-5-12-10-8-9(3-6-13-10)14-7-4-11/h3,6,8H,2,4-5,7H2,1H3,(H,12,13). The number of hydrogen-bond acceptors (Lipinski definition) is 3.